The molecule has 0 aliphatic heterocycles. The number of benzene rings is 1. The Bertz CT molecular complexity index is 655. The van der Waals surface area contributed by atoms with E-state index in [-0.39, 0.29) is 18.2 Å². The van der Waals surface area contributed by atoms with Crippen molar-refractivity contribution in [2.45, 2.75) is 27.2 Å². The van der Waals surface area contributed by atoms with Gasteiger partial charge in [-0.25, -0.2) is 0 Å². The molecular formula is C15H16N2O2. The quantitative estimate of drug-likeness (QED) is 0.868. The van der Waals surface area contributed by atoms with Gasteiger partial charge < -0.3 is 10.2 Å². The van der Waals surface area contributed by atoms with Crippen molar-refractivity contribution in [1.29, 1.82) is 5.26 Å². The SMILES string of the molecule is Cc1cc(C)c(-n2c(O)cc(CC#N)c2O)c(C)c1. The molecule has 0 spiro atoms. The topological polar surface area (TPSA) is 69.2 Å². The van der Waals surface area contributed by atoms with Gasteiger partial charge in [-0.3, -0.25) is 4.57 Å². The zero-order valence-corrected chi connectivity index (χ0v) is 11.2. The molecule has 0 atom stereocenters. The first-order valence-corrected chi connectivity index (χ1v) is 6.03. The molecule has 1 aromatic carbocycles. The fourth-order valence-electron chi connectivity index (χ4n) is 2.50. The Labute approximate surface area is 112 Å². The molecule has 0 aliphatic rings. The summed E-state index contributed by atoms with van der Waals surface area (Å²) in [4.78, 5) is 0. The summed E-state index contributed by atoms with van der Waals surface area (Å²) in [6.45, 7) is 5.86. The number of hydrogen-bond acceptors (Lipinski definition) is 3. The molecule has 19 heavy (non-hydrogen) atoms. The molecule has 0 bridgehead atoms. The van der Waals surface area contributed by atoms with E-state index < -0.39 is 0 Å². The van der Waals surface area contributed by atoms with Gasteiger partial charge in [0.2, 0.25) is 5.88 Å². The molecule has 0 fully saturated rings. The van der Waals surface area contributed by atoms with Crippen molar-refractivity contribution in [3.05, 3.63) is 40.5 Å². The van der Waals surface area contributed by atoms with Crippen molar-refractivity contribution in [2.75, 3.05) is 0 Å². The lowest BCUT2D eigenvalue weighted by atomic mass is 10.0. The molecule has 0 saturated carbocycles. The van der Waals surface area contributed by atoms with E-state index in [1.54, 1.807) is 0 Å². The number of nitrogens with zero attached hydrogens (tertiary/aromatic N) is 2. The Kier molecular flexibility index (Phi) is 3.22. The summed E-state index contributed by atoms with van der Waals surface area (Å²) in [6.07, 6.45) is 0.0658. The Balaban J connectivity index is 2.70. The van der Waals surface area contributed by atoms with Crippen LogP contribution in [0, 0.1) is 32.1 Å². The van der Waals surface area contributed by atoms with Gasteiger partial charge in [-0.1, -0.05) is 17.7 Å². The zero-order valence-electron chi connectivity index (χ0n) is 11.2. The summed E-state index contributed by atoms with van der Waals surface area (Å²) >= 11 is 0. The lowest BCUT2D eigenvalue weighted by molar-refractivity contribution is 0.400. The second kappa shape index (κ2) is 4.69. The molecule has 98 valence electrons. The predicted molar refractivity (Wildman–Crippen MR) is 72.6 cm³/mol. The average Bonchev–Trinajstić information content (AvgIpc) is 2.56. The molecule has 0 aliphatic carbocycles. The molecule has 0 amide bonds. The molecule has 1 heterocycles. The third-order valence-electron chi connectivity index (χ3n) is 3.16. The third-order valence-corrected chi connectivity index (χ3v) is 3.16. The Hall–Kier alpha value is -2.41. The molecule has 2 aromatic rings. The van der Waals surface area contributed by atoms with Crippen LogP contribution in [0.1, 0.15) is 22.3 Å². The van der Waals surface area contributed by atoms with E-state index in [1.165, 1.54) is 10.6 Å². The van der Waals surface area contributed by atoms with E-state index in [2.05, 4.69) is 0 Å². The number of rotatable bonds is 2. The Morgan fingerprint density at radius 2 is 1.68 bits per heavy atom. The van der Waals surface area contributed by atoms with Crippen LogP contribution in [-0.4, -0.2) is 14.8 Å². The van der Waals surface area contributed by atoms with E-state index in [9.17, 15) is 10.2 Å². The van der Waals surface area contributed by atoms with E-state index in [4.69, 9.17) is 5.26 Å². The summed E-state index contributed by atoms with van der Waals surface area (Å²) in [5.41, 5.74) is 4.23. The van der Waals surface area contributed by atoms with Crippen molar-refractivity contribution < 1.29 is 10.2 Å². The first-order valence-electron chi connectivity index (χ1n) is 6.03. The minimum absolute atomic E-state index is 0.0576. The largest absolute Gasteiger partial charge is 0.494 e. The predicted octanol–water partition coefficient (Wildman–Crippen LogP) is 2.88. The van der Waals surface area contributed by atoms with Crippen LogP contribution in [0.2, 0.25) is 0 Å². The van der Waals surface area contributed by atoms with Gasteiger partial charge in [0.1, 0.15) is 0 Å². The minimum atomic E-state index is -0.0749. The molecule has 0 unspecified atom stereocenters. The van der Waals surface area contributed by atoms with Gasteiger partial charge >= 0.3 is 0 Å². The number of aromatic nitrogens is 1. The fraction of sp³-hybridized carbons (Fsp3) is 0.267. The summed E-state index contributed by atoms with van der Waals surface area (Å²) < 4.78 is 1.39. The summed E-state index contributed by atoms with van der Waals surface area (Å²) in [7, 11) is 0. The van der Waals surface area contributed by atoms with Gasteiger partial charge in [0, 0.05) is 11.6 Å². The van der Waals surface area contributed by atoms with Crippen LogP contribution in [0.15, 0.2) is 18.2 Å². The first-order chi connectivity index (χ1) is 8.95. The van der Waals surface area contributed by atoms with Gasteiger partial charge in [0.25, 0.3) is 0 Å². The highest BCUT2D eigenvalue weighted by molar-refractivity contribution is 5.55. The highest BCUT2D eigenvalue weighted by Crippen LogP contribution is 2.34. The average molecular weight is 256 g/mol. The van der Waals surface area contributed by atoms with Crippen molar-refractivity contribution in [3.63, 3.8) is 0 Å². The molecule has 1 aromatic heterocycles. The van der Waals surface area contributed by atoms with Crippen molar-refractivity contribution in [2.24, 2.45) is 0 Å². The smallest absolute Gasteiger partial charge is 0.203 e. The minimum Gasteiger partial charge on any atom is -0.494 e. The van der Waals surface area contributed by atoms with Gasteiger partial charge in [-0.2, -0.15) is 5.26 Å². The van der Waals surface area contributed by atoms with Crippen LogP contribution in [0.5, 0.6) is 11.8 Å². The number of aryl methyl sites for hydroxylation is 3. The second-order valence-electron chi connectivity index (χ2n) is 4.77. The molecule has 4 heteroatoms. The standard InChI is InChI=1S/C15H16N2O2/c1-9-6-10(2)14(11(3)7-9)17-13(18)8-12(4-5-16)15(17)19/h6-8,18-19H,4H2,1-3H3. The van der Waals surface area contributed by atoms with Crippen LogP contribution in [0.25, 0.3) is 5.69 Å². The molecule has 0 radical (unpaired) electrons. The third kappa shape index (κ3) is 2.15. The molecule has 4 nitrogen and oxygen atoms in total. The molecule has 0 saturated heterocycles. The van der Waals surface area contributed by atoms with Gasteiger partial charge in [0.15, 0.2) is 5.88 Å². The van der Waals surface area contributed by atoms with Crippen LogP contribution < -0.4 is 0 Å². The normalized spacial score (nSPS) is 10.4. The number of hydrogen-bond donors (Lipinski definition) is 2. The van der Waals surface area contributed by atoms with Gasteiger partial charge in [0.05, 0.1) is 18.2 Å². The molecular weight excluding hydrogens is 240 g/mol. The first kappa shape index (κ1) is 13.0. The Morgan fingerprint density at radius 3 is 2.21 bits per heavy atom. The number of nitriles is 1. The fourth-order valence-corrected chi connectivity index (χ4v) is 2.50. The monoisotopic (exact) mass is 256 g/mol. The maximum absolute atomic E-state index is 10.2. The number of aromatic hydroxyl groups is 2. The van der Waals surface area contributed by atoms with Crippen molar-refractivity contribution >= 4 is 0 Å². The zero-order chi connectivity index (χ0) is 14.2. The molecule has 2 N–H and O–H groups in total. The van der Waals surface area contributed by atoms with Gasteiger partial charge in [-0.05, 0) is 31.9 Å². The van der Waals surface area contributed by atoms with Crippen molar-refractivity contribution in [3.8, 4) is 23.5 Å². The lowest BCUT2D eigenvalue weighted by Gasteiger charge is -2.14. The van der Waals surface area contributed by atoms with E-state index in [1.807, 2.05) is 39.0 Å². The molecule has 2 rings (SSSR count). The Morgan fingerprint density at radius 1 is 1.11 bits per heavy atom. The maximum Gasteiger partial charge on any atom is 0.203 e. The van der Waals surface area contributed by atoms with Crippen molar-refractivity contribution in [1.82, 2.24) is 4.57 Å². The maximum atomic E-state index is 10.2. The van der Waals surface area contributed by atoms with E-state index in [0.29, 0.717) is 5.56 Å². The summed E-state index contributed by atoms with van der Waals surface area (Å²) in [5, 5.41) is 28.9. The van der Waals surface area contributed by atoms with Crippen LogP contribution in [0.3, 0.4) is 0 Å². The van der Waals surface area contributed by atoms with Crippen LogP contribution in [0.4, 0.5) is 0 Å². The van der Waals surface area contributed by atoms with E-state index in [0.717, 1.165) is 22.4 Å². The summed E-state index contributed by atoms with van der Waals surface area (Å²) in [5.74, 6) is -0.132. The van der Waals surface area contributed by atoms with Crippen LogP contribution in [-0.2, 0) is 6.42 Å². The van der Waals surface area contributed by atoms with E-state index >= 15 is 0 Å². The summed E-state index contributed by atoms with van der Waals surface area (Å²) in [6, 6.07) is 7.38. The highest BCUT2D eigenvalue weighted by atomic mass is 16.3. The van der Waals surface area contributed by atoms with Gasteiger partial charge in [-0.15, -0.1) is 0 Å². The second-order valence-corrected chi connectivity index (χ2v) is 4.77. The van der Waals surface area contributed by atoms with Crippen LogP contribution >= 0.6 is 0 Å². The lowest BCUT2D eigenvalue weighted by Crippen LogP contribution is -2.00. The highest BCUT2D eigenvalue weighted by Gasteiger charge is 2.18.